The molecule has 0 amide bonds. The fraction of sp³-hybridized carbons (Fsp3) is 0.200. The first-order chi connectivity index (χ1) is 5.86. The standard InChI is InChI=1S/C10H11NO/c1-8-11-7-10(12-8)9-5-3-2-4-6-9/h2-6,10-11H,1,7H2/t10-/m0/s1. The molecule has 0 bridgehead atoms. The molecule has 1 aromatic rings. The van der Waals surface area contributed by atoms with E-state index in [2.05, 4.69) is 24.0 Å². The van der Waals surface area contributed by atoms with Crippen molar-refractivity contribution in [3.63, 3.8) is 0 Å². The molecule has 1 aliphatic rings. The minimum absolute atomic E-state index is 0.138. The molecule has 1 N–H and O–H groups in total. The van der Waals surface area contributed by atoms with Gasteiger partial charge in [0.1, 0.15) is 6.10 Å². The van der Waals surface area contributed by atoms with E-state index in [1.807, 2.05) is 18.2 Å². The molecule has 0 unspecified atom stereocenters. The molecule has 1 saturated heterocycles. The number of hydrogen-bond acceptors (Lipinski definition) is 2. The Labute approximate surface area is 71.9 Å². The molecule has 2 heteroatoms. The maximum atomic E-state index is 5.44. The first kappa shape index (κ1) is 7.22. The van der Waals surface area contributed by atoms with E-state index in [1.165, 1.54) is 5.56 Å². The fourth-order valence-corrected chi connectivity index (χ4v) is 1.32. The van der Waals surface area contributed by atoms with Crippen molar-refractivity contribution in [1.82, 2.24) is 5.32 Å². The van der Waals surface area contributed by atoms with Gasteiger partial charge in [0.2, 0.25) is 0 Å². The largest absolute Gasteiger partial charge is 0.470 e. The zero-order valence-electron chi connectivity index (χ0n) is 6.79. The molecule has 1 heterocycles. The summed E-state index contributed by atoms with van der Waals surface area (Å²) in [5.74, 6) is 0.670. The van der Waals surface area contributed by atoms with Gasteiger partial charge in [-0.25, -0.2) is 0 Å². The molecule has 0 aliphatic carbocycles. The van der Waals surface area contributed by atoms with E-state index in [4.69, 9.17) is 4.74 Å². The summed E-state index contributed by atoms with van der Waals surface area (Å²) >= 11 is 0. The van der Waals surface area contributed by atoms with Gasteiger partial charge in [-0.3, -0.25) is 0 Å². The van der Waals surface area contributed by atoms with Crippen molar-refractivity contribution in [2.45, 2.75) is 6.10 Å². The number of nitrogens with one attached hydrogen (secondary N) is 1. The molecule has 1 aliphatic heterocycles. The second-order valence-corrected chi connectivity index (χ2v) is 2.82. The number of hydrogen-bond donors (Lipinski definition) is 1. The van der Waals surface area contributed by atoms with Gasteiger partial charge < -0.3 is 10.1 Å². The number of rotatable bonds is 1. The second-order valence-electron chi connectivity index (χ2n) is 2.82. The Morgan fingerprint density at radius 1 is 1.33 bits per heavy atom. The van der Waals surface area contributed by atoms with Crippen LogP contribution in [-0.4, -0.2) is 6.54 Å². The summed E-state index contributed by atoms with van der Waals surface area (Å²) < 4.78 is 5.44. The topological polar surface area (TPSA) is 21.3 Å². The van der Waals surface area contributed by atoms with E-state index in [0.29, 0.717) is 5.88 Å². The zero-order chi connectivity index (χ0) is 8.39. The SMILES string of the molecule is C=C1NC[C@@H](c2ccccc2)O1. The highest BCUT2D eigenvalue weighted by molar-refractivity contribution is 5.19. The molecule has 1 fully saturated rings. The summed E-state index contributed by atoms with van der Waals surface area (Å²) in [5, 5.41) is 3.05. The summed E-state index contributed by atoms with van der Waals surface area (Å²) in [5.41, 5.74) is 1.20. The molecule has 12 heavy (non-hydrogen) atoms. The maximum Gasteiger partial charge on any atom is 0.180 e. The Bertz CT molecular complexity index is 281. The van der Waals surface area contributed by atoms with Crippen LogP contribution in [0.5, 0.6) is 0 Å². The smallest absolute Gasteiger partial charge is 0.180 e. The van der Waals surface area contributed by atoms with Gasteiger partial charge in [0, 0.05) is 0 Å². The van der Waals surface area contributed by atoms with Crippen LogP contribution in [-0.2, 0) is 4.74 Å². The van der Waals surface area contributed by atoms with Gasteiger partial charge in [0.25, 0.3) is 0 Å². The van der Waals surface area contributed by atoms with Gasteiger partial charge in [-0.15, -0.1) is 0 Å². The van der Waals surface area contributed by atoms with E-state index >= 15 is 0 Å². The number of benzene rings is 1. The zero-order valence-corrected chi connectivity index (χ0v) is 6.79. The summed E-state index contributed by atoms with van der Waals surface area (Å²) in [6.45, 7) is 4.52. The second kappa shape index (κ2) is 2.89. The average Bonchev–Trinajstić information content (AvgIpc) is 2.54. The molecule has 2 nitrogen and oxygen atoms in total. The monoisotopic (exact) mass is 161 g/mol. The van der Waals surface area contributed by atoms with Crippen LogP contribution in [0.1, 0.15) is 11.7 Å². The van der Waals surface area contributed by atoms with Crippen LogP contribution in [0.2, 0.25) is 0 Å². The van der Waals surface area contributed by atoms with Gasteiger partial charge in [0.15, 0.2) is 5.88 Å². The lowest BCUT2D eigenvalue weighted by Crippen LogP contribution is -2.06. The molecular weight excluding hydrogens is 150 g/mol. The van der Waals surface area contributed by atoms with Crippen molar-refractivity contribution >= 4 is 0 Å². The Kier molecular flexibility index (Phi) is 1.74. The quantitative estimate of drug-likeness (QED) is 0.678. The first-order valence-electron chi connectivity index (χ1n) is 4.00. The lowest BCUT2D eigenvalue weighted by Gasteiger charge is -2.07. The molecule has 0 radical (unpaired) electrons. The predicted molar refractivity (Wildman–Crippen MR) is 47.4 cm³/mol. The molecule has 2 rings (SSSR count). The molecule has 1 aromatic carbocycles. The molecule has 0 spiro atoms. The van der Waals surface area contributed by atoms with Crippen molar-refractivity contribution in [3.05, 3.63) is 48.4 Å². The molecule has 0 aromatic heterocycles. The first-order valence-corrected chi connectivity index (χ1v) is 4.00. The lowest BCUT2D eigenvalue weighted by molar-refractivity contribution is 0.171. The Hall–Kier alpha value is -1.44. The van der Waals surface area contributed by atoms with Crippen LogP contribution in [0.25, 0.3) is 0 Å². The van der Waals surface area contributed by atoms with Gasteiger partial charge in [-0.1, -0.05) is 30.3 Å². The van der Waals surface area contributed by atoms with Gasteiger partial charge >= 0.3 is 0 Å². The number of ether oxygens (including phenoxy) is 1. The normalized spacial score (nSPS) is 21.7. The van der Waals surface area contributed by atoms with Gasteiger partial charge in [-0.2, -0.15) is 0 Å². The molecule has 1 atom stereocenters. The Morgan fingerprint density at radius 3 is 2.67 bits per heavy atom. The average molecular weight is 161 g/mol. The Balaban J connectivity index is 2.16. The van der Waals surface area contributed by atoms with E-state index in [1.54, 1.807) is 0 Å². The third-order valence-electron chi connectivity index (χ3n) is 1.94. The summed E-state index contributed by atoms with van der Waals surface area (Å²) in [6.07, 6.45) is 0.138. The maximum absolute atomic E-state index is 5.44. The van der Waals surface area contributed by atoms with Crippen molar-refractivity contribution in [2.75, 3.05) is 6.54 Å². The van der Waals surface area contributed by atoms with Crippen molar-refractivity contribution < 1.29 is 4.74 Å². The highest BCUT2D eigenvalue weighted by Gasteiger charge is 2.19. The molecular formula is C10H11NO. The molecule has 0 saturated carbocycles. The molecule has 62 valence electrons. The van der Waals surface area contributed by atoms with E-state index in [-0.39, 0.29) is 6.10 Å². The summed E-state index contributed by atoms with van der Waals surface area (Å²) in [6, 6.07) is 10.1. The Morgan fingerprint density at radius 2 is 2.08 bits per heavy atom. The van der Waals surface area contributed by atoms with Crippen LogP contribution in [0.4, 0.5) is 0 Å². The van der Waals surface area contributed by atoms with Crippen LogP contribution in [0, 0.1) is 0 Å². The predicted octanol–water partition coefficient (Wildman–Crippen LogP) is 1.82. The van der Waals surface area contributed by atoms with Crippen molar-refractivity contribution in [3.8, 4) is 0 Å². The van der Waals surface area contributed by atoms with E-state index in [0.717, 1.165) is 6.54 Å². The minimum atomic E-state index is 0.138. The van der Waals surface area contributed by atoms with Gasteiger partial charge in [0.05, 0.1) is 6.54 Å². The van der Waals surface area contributed by atoms with Crippen molar-refractivity contribution in [1.29, 1.82) is 0 Å². The summed E-state index contributed by atoms with van der Waals surface area (Å²) in [7, 11) is 0. The lowest BCUT2D eigenvalue weighted by atomic mass is 10.1. The van der Waals surface area contributed by atoms with Crippen LogP contribution in [0.15, 0.2) is 42.8 Å². The summed E-state index contributed by atoms with van der Waals surface area (Å²) in [4.78, 5) is 0. The fourth-order valence-electron chi connectivity index (χ4n) is 1.32. The third kappa shape index (κ3) is 1.28. The third-order valence-corrected chi connectivity index (χ3v) is 1.94. The minimum Gasteiger partial charge on any atom is -0.470 e. The van der Waals surface area contributed by atoms with Crippen LogP contribution >= 0.6 is 0 Å². The van der Waals surface area contributed by atoms with E-state index in [9.17, 15) is 0 Å². The highest BCUT2D eigenvalue weighted by atomic mass is 16.5. The van der Waals surface area contributed by atoms with Crippen LogP contribution in [0.3, 0.4) is 0 Å². The van der Waals surface area contributed by atoms with Gasteiger partial charge in [-0.05, 0) is 12.1 Å². The van der Waals surface area contributed by atoms with Crippen LogP contribution < -0.4 is 5.32 Å². The van der Waals surface area contributed by atoms with Crippen molar-refractivity contribution in [2.24, 2.45) is 0 Å². The highest BCUT2D eigenvalue weighted by Crippen LogP contribution is 2.22. The van der Waals surface area contributed by atoms with E-state index < -0.39 is 0 Å².